The summed E-state index contributed by atoms with van der Waals surface area (Å²) in [5.41, 5.74) is 1.52. The molecule has 8 nitrogen and oxygen atoms in total. The Hall–Kier alpha value is -3.29. The van der Waals surface area contributed by atoms with Gasteiger partial charge in [0.15, 0.2) is 0 Å². The molecule has 28 heavy (non-hydrogen) atoms. The number of hydrogen-bond donors (Lipinski definition) is 0. The number of anilines is 1. The van der Waals surface area contributed by atoms with E-state index in [1.54, 1.807) is 48.4 Å². The highest BCUT2D eigenvalue weighted by Crippen LogP contribution is 2.22. The second-order valence-electron chi connectivity index (χ2n) is 7.06. The molecule has 1 saturated heterocycles. The van der Waals surface area contributed by atoms with Crippen molar-refractivity contribution in [1.29, 1.82) is 0 Å². The average Bonchev–Trinajstić information content (AvgIpc) is 2.73. The Kier molecular flexibility index (Phi) is 5.01. The highest BCUT2D eigenvalue weighted by Gasteiger charge is 2.21. The van der Waals surface area contributed by atoms with Gasteiger partial charge in [-0.1, -0.05) is 0 Å². The minimum atomic E-state index is -0.113. The molecule has 0 amide bonds. The van der Waals surface area contributed by atoms with Gasteiger partial charge in [-0.15, -0.1) is 0 Å². The van der Waals surface area contributed by atoms with E-state index >= 15 is 0 Å². The number of piperidine rings is 1. The number of aryl methyl sites for hydroxylation is 1. The smallest absolute Gasteiger partial charge is 0.266 e. The van der Waals surface area contributed by atoms with Crippen molar-refractivity contribution in [1.82, 2.24) is 24.5 Å². The van der Waals surface area contributed by atoms with Crippen LogP contribution in [0.15, 0.2) is 58.4 Å². The van der Waals surface area contributed by atoms with Gasteiger partial charge in [-0.3, -0.25) is 14.6 Å². The number of rotatable bonds is 4. The molecule has 0 aromatic carbocycles. The first kappa shape index (κ1) is 18.1. The first-order valence-corrected chi connectivity index (χ1v) is 9.38. The Bertz CT molecular complexity index is 1070. The molecule has 0 aliphatic carbocycles. The van der Waals surface area contributed by atoms with Crippen LogP contribution < -0.4 is 16.0 Å². The van der Waals surface area contributed by atoms with E-state index in [9.17, 15) is 9.59 Å². The highest BCUT2D eigenvalue weighted by molar-refractivity contribution is 5.57. The van der Waals surface area contributed by atoms with Crippen LogP contribution >= 0.6 is 0 Å². The van der Waals surface area contributed by atoms with Crippen LogP contribution in [-0.2, 0) is 13.6 Å². The van der Waals surface area contributed by atoms with Crippen molar-refractivity contribution in [3.8, 4) is 11.3 Å². The third-order valence-electron chi connectivity index (χ3n) is 5.16. The van der Waals surface area contributed by atoms with Crippen LogP contribution in [0.3, 0.4) is 0 Å². The minimum Gasteiger partial charge on any atom is -0.355 e. The van der Waals surface area contributed by atoms with E-state index in [0.29, 0.717) is 12.5 Å². The van der Waals surface area contributed by atoms with E-state index in [-0.39, 0.29) is 11.1 Å². The molecule has 1 aliphatic heterocycles. The van der Waals surface area contributed by atoms with Crippen LogP contribution in [0.1, 0.15) is 12.8 Å². The minimum absolute atomic E-state index is 0.0834. The molecular formula is C20H22N6O2. The maximum Gasteiger partial charge on any atom is 0.266 e. The van der Waals surface area contributed by atoms with Gasteiger partial charge in [0, 0.05) is 56.8 Å². The molecule has 0 spiro atoms. The van der Waals surface area contributed by atoms with Crippen molar-refractivity contribution in [2.45, 2.75) is 19.4 Å². The van der Waals surface area contributed by atoms with Crippen LogP contribution in [-0.4, -0.2) is 37.6 Å². The number of hydrogen-bond acceptors (Lipinski definition) is 6. The lowest BCUT2D eigenvalue weighted by Crippen LogP contribution is -2.38. The fourth-order valence-corrected chi connectivity index (χ4v) is 3.50. The quantitative estimate of drug-likeness (QED) is 0.681. The summed E-state index contributed by atoms with van der Waals surface area (Å²) in [6.45, 7) is 2.29. The zero-order valence-corrected chi connectivity index (χ0v) is 15.7. The third kappa shape index (κ3) is 3.85. The number of aromatic nitrogens is 5. The summed E-state index contributed by atoms with van der Waals surface area (Å²) in [5, 5.41) is 8.87. The zero-order chi connectivity index (χ0) is 19.5. The molecule has 0 radical (unpaired) electrons. The lowest BCUT2D eigenvalue weighted by Gasteiger charge is -2.32. The lowest BCUT2D eigenvalue weighted by atomic mass is 9.97. The standard InChI is InChI=1S/C20H22N6O2/c1-24-19(27)5-3-18(23-24)25-12-8-15(9-13-25)14-26-20(28)4-2-17(22-26)16-6-10-21-11-7-16/h2-7,10-11,15H,8-9,12-14H2,1H3. The maximum absolute atomic E-state index is 12.3. The van der Waals surface area contributed by atoms with Crippen LogP contribution in [0.25, 0.3) is 11.3 Å². The predicted octanol–water partition coefficient (Wildman–Crippen LogP) is 1.32. The highest BCUT2D eigenvalue weighted by atomic mass is 16.1. The molecule has 3 aromatic heterocycles. The van der Waals surface area contributed by atoms with Crippen molar-refractivity contribution in [3.05, 3.63) is 69.5 Å². The zero-order valence-electron chi connectivity index (χ0n) is 15.7. The fourth-order valence-electron chi connectivity index (χ4n) is 3.50. The molecule has 1 aliphatic rings. The van der Waals surface area contributed by atoms with Crippen molar-refractivity contribution in [2.75, 3.05) is 18.0 Å². The van der Waals surface area contributed by atoms with Gasteiger partial charge in [0.1, 0.15) is 5.82 Å². The fraction of sp³-hybridized carbons (Fsp3) is 0.350. The molecule has 4 rings (SSSR count). The van der Waals surface area contributed by atoms with Gasteiger partial charge in [0.25, 0.3) is 11.1 Å². The summed E-state index contributed by atoms with van der Waals surface area (Å²) < 4.78 is 2.93. The Morgan fingerprint density at radius 1 is 0.929 bits per heavy atom. The van der Waals surface area contributed by atoms with E-state index in [2.05, 4.69) is 20.1 Å². The van der Waals surface area contributed by atoms with Gasteiger partial charge >= 0.3 is 0 Å². The van der Waals surface area contributed by atoms with E-state index in [4.69, 9.17) is 0 Å². The summed E-state index contributed by atoms with van der Waals surface area (Å²) in [4.78, 5) is 30.0. The van der Waals surface area contributed by atoms with Crippen molar-refractivity contribution in [3.63, 3.8) is 0 Å². The van der Waals surface area contributed by atoms with Gasteiger partial charge in [0.05, 0.1) is 5.69 Å². The Morgan fingerprint density at radius 2 is 1.64 bits per heavy atom. The maximum atomic E-state index is 12.3. The van der Waals surface area contributed by atoms with E-state index in [0.717, 1.165) is 43.0 Å². The molecule has 144 valence electrons. The number of nitrogens with zero attached hydrogens (tertiary/aromatic N) is 6. The van der Waals surface area contributed by atoms with E-state index in [1.807, 2.05) is 12.1 Å². The predicted molar refractivity (Wildman–Crippen MR) is 106 cm³/mol. The van der Waals surface area contributed by atoms with Crippen LogP contribution in [0.2, 0.25) is 0 Å². The van der Waals surface area contributed by atoms with Crippen LogP contribution in [0, 0.1) is 5.92 Å². The normalized spacial score (nSPS) is 15.0. The molecule has 0 bridgehead atoms. The second kappa shape index (κ2) is 7.75. The van der Waals surface area contributed by atoms with Gasteiger partial charge in [-0.25, -0.2) is 9.36 Å². The van der Waals surface area contributed by atoms with Gasteiger partial charge in [0.2, 0.25) is 0 Å². The molecule has 0 N–H and O–H groups in total. The largest absolute Gasteiger partial charge is 0.355 e. The summed E-state index contributed by atoms with van der Waals surface area (Å²) in [6, 6.07) is 10.4. The van der Waals surface area contributed by atoms with Crippen molar-refractivity contribution >= 4 is 5.82 Å². The van der Waals surface area contributed by atoms with Gasteiger partial charge < -0.3 is 4.90 Å². The molecule has 4 heterocycles. The monoisotopic (exact) mass is 378 g/mol. The van der Waals surface area contributed by atoms with Gasteiger partial charge in [-0.2, -0.15) is 10.2 Å². The Labute approximate surface area is 162 Å². The summed E-state index contributed by atoms with van der Waals surface area (Å²) in [5.74, 6) is 1.19. The summed E-state index contributed by atoms with van der Waals surface area (Å²) >= 11 is 0. The van der Waals surface area contributed by atoms with Crippen LogP contribution in [0.5, 0.6) is 0 Å². The molecular weight excluding hydrogens is 356 g/mol. The second-order valence-corrected chi connectivity index (χ2v) is 7.06. The van der Waals surface area contributed by atoms with Crippen molar-refractivity contribution in [2.24, 2.45) is 13.0 Å². The van der Waals surface area contributed by atoms with Crippen LogP contribution in [0.4, 0.5) is 5.82 Å². The topological polar surface area (TPSA) is 85.9 Å². The Balaban J connectivity index is 1.44. The van der Waals surface area contributed by atoms with Crippen molar-refractivity contribution < 1.29 is 0 Å². The first-order chi connectivity index (χ1) is 13.6. The van der Waals surface area contributed by atoms with Gasteiger partial charge in [-0.05, 0) is 43.0 Å². The summed E-state index contributed by atoms with van der Waals surface area (Å²) in [7, 11) is 1.66. The SMILES string of the molecule is Cn1nc(N2CCC(Cn3nc(-c4ccncc4)ccc3=O)CC2)ccc1=O. The van der Waals surface area contributed by atoms with E-state index < -0.39 is 0 Å². The molecule has 0 unspecified atom stereocenters. The Morgan fingerprint density at radius 3 is 2.36 bits per heavy atom. The third-order valence-corrected chi connectivity index (χ3v) is 5.16. The molecule has 3 aromatic rings. The molecule has 1 fully saturated rings. The molecule has 0 atom stereocenters. The lowest BCUT2D eigenvalue weighted by molar-refractivity contribution is 0.334. The average molecular weight is 378 g/mol. The van der Waals surface area contributed by atoms with E-state index in [1.165, 1.54) is 4.68 Å². The summed E-state index contributed by atoms with van der Waals surface area (Å²) in [6.07, 6.45) is 5.32. The molecule has 0 saturated carbocycles. The molecule has 8 heteroatoms. The number of pyridine rings is 1. The first-order valence-electron chi connectivity index (χ1n) is 9.38.